The maximum atomic E-state index is 15.8. The number of sulfonamides is 1. The van der Waals surface area contributed by atoms with Crippen molar-refractivity contribution in [3.05, 3.63) is 52.9 Å². The van der Waals surface area contributed by atoms with E-state index in [1.807, 2.05) is 0 Å². The maximum Gasteiger partial charge on any atom is 0.303 e. The van der Waals surface area contributed by atoms with Gasteiger partial charge in [-0.25, -0.2) is 22.5 Å². The fraction of sp³-hybridized carbons (Fsp3) is 0.480. The predicted molar refractivity (Wildman–Crippen MR) is 133 cm³/mol. The Morgan fingerprint density at radius 2 is 1.89 bits per heavy atom. The molecule has 194 valence electrons. The zero-order valence-electron chi connectivity index (χ0n) is 20.5. The molecule has 8 nitrogen and oxygen atoms in total. The molecule has 1 saturated carbocycles. The molecule has 0 spiro atoms. The van der Waals surface area contributed by atoms with Crippen molar-refractivity contribution in [2.24, 2.45) is 5.92 Å². The van der Waals surface area contributed by atoms with Crippen molar-refractivity contribution in [3.63, 3.8) is 0 Å². The molecule has 0 radical (unpaired) electrons. The molecule has 1 aliphatic carbocycles. The van der Waals surface area contributed by atoms with Crippen molar-refractivity contribution < 1.29 is 27.1 Å². The lowest BCUT2D eigenvalue weighted by atomic mass is 9.66. The monoisotopic (exact) mass is 537 g/mol. The number of ether oxygens (including phenoxy) is 1. The number of aromatic nitrogens is 1. The topological polar surface area (TPSA) is 106 Å². The summed E-state index contributed by atoms with van der Waals surface area (Å²) < 4.78 is 48.2. The molecule has 11 heteroatoms. The molecular weight excluding hydrogens is 509 g/mol. The number of piperidine rings is 2. The number of fused-ring (bicyclic) bond motifs is 2. The highest BCUT2D eigenvalue weighted by Gasteiger charge is 2.55. The van der Waals surface area contributed by atoms with E-state index in [2.05, 4.69) is 9.71 Å². The van der Waals surface area contributed by atoms with Gasteiger partial charge in [0.1, 0.15) is 11.0 Å². The molecular formula is C25H29ClFN3O5S. The fourth-order valence-corrected chi connectivity index (χ4v) is 6.31. The third kappa shape index (κ3) is 5.40. The van der Waals surface area contributed by atoms with Crippen LogP contribution in [0.3, 0.4) is 0 Å². The highest BCUT2D eigenvalue weighted by Crippen LogP contribution is 2.45. The van der Waals surface area contributed by atoms with Gasteiger partial charge in [-0.3, -0.25) is 9.59 Å². The molecule has 2 aromatic rings. The first kappa shape index (κ1) is 26.5. The summed E-state index contributed by atoms with van der Waals surface area (Å²) in [4.78, 5) is 31.1. The zero-order chi connectivity index (χ0) is 26.4. The SMILES string of the molecule is CC(=O)OC(C)(C)C(=O)N1C2CC(C2)[C@H](NS(C)(=O)=O)[C@@H]1Cc1cccc(-c2cccc(Cl)n2)c1F. The number of halogens is 2. The average molecular weight is 538 g/mol. The van der Waals surface area contributed by atoms with E-state index in [4.69, 9.17) is 16.3 Å². The lowest BCUT2D eigenvalue weighted by Crippen LogP contribution is -2.72. The summed E-state index contributed by atoms with van der Waals surface area (Å²) in [5.74, 6) is -1.56. The first-order chi connectivity index (χ1) is 16.8. The predicted octanol–water partition coefficient (Wildman–Crippen LogP) is 3.33. The van der Waals surface area contributed by atoms with Crippen molar-refractivity contribution in [2.45, 2.75) is 63.8 Å². The minimum Gasteiger partial charge on any atom is -0.450 e. The Kier molecular flexibility index (Phi) is 7.15. The van der Waals surface area contributed by atoms with E-state index in [0.717, 1.165) is 6.26 Å². The third-order valence-electron chi connectivity index (χ3n) is 6.82. The second kappa shape index (κ2) is 9.72. The highest BCUT2D eigenvalue weighted by atomic mass is 35.5. The van der Waals surface area contributed by atoms with Crippen LogP contribution < -0.4 is 4.72 Å². The lowest BCUT2D eigenvalue weighted by Gasteiger charge is -2.59. The van der Waals surface area contributed by atoms with Gasteiger partial charge in [0.15, 0.2) is 5.60 Å². The van der Waals surface area contributed by atoms with Gasteiger partial charge in [0.25, 0.3) is 5.91 Å². The van der Waals surface area contributed by atoms with Gasteiger partial charge in [0.2, 0.25) is 10.0 Å². The van der Waals surface area contributed by atoms with E-state index in [1.54, 1.807) is 41.3 Å². The number of rotatable bonds is 7. The number of esters is 1. The number of benzene rings is 1. The summed E-state index contributed by atoms with van der Waals surface area (Å²) in [7, 11) is -3.62. The molecule has 0 unspecified atom stereocenters. The molecule has 5 rings (SSSR count). The number of nitrogens with zero attached hydrogens (tertiary/aromatic N) is 2. The van der Waals surface area contributed by atoms with E-state index in [1.165, 1.54) is 20.8 Å². The van der Waals surface area contributed by atoms with E-state index in [0.29, 0.717) is 24.1 Å². The van der Waals surface area contributed by atoms with Crippen molar-refractivity contribution in [1.29, 1.82) is 0 Å². The Morgan fingerprint density at radius 3 is 2.50 bits per heavy atom. The van der Waals surface area contributed by atoms with Gasteiger partial charge >= 0.3 is 5.97 Å². The summed E-state index contributed by atoms with van der Waals surface area (Å²) in [5.41, 5.74) is -0.540. The van der Waals surface area contributed by atoms with Crippen molar-refractivity contribution in [2.75, 3.05) is 6.26 Å². The normalized spacial score (nSPS) is 23.7. The Labute approximate surface area is 215 Å². The molecule has 36 heavy (non-hydrogen) atoms. The molecule has 1 aromatic heterocycles. The number of carbonyl (C=O) groups is 2. The fourth-order valence-electron chi connectivity index (χ4n) is 5.30. The van der Waals surface area contributed by atoms with Crippen LogP contribution >= 0.6 is 11.6 Å². The maximum absolute atomic E-state index is 15.8. The Balaban J connectivity index is 1.74. The van der Waals surface area contributed by atoms with Gasteiger partial charge in [-0.15, -0.1) is 0 Å². The summed E-state index contributed by atoms with van der Waals surface area (Å²) in [6.07, 6.45) is 2.35. The molecule has 2 bridgehead atoms. The summed E-state index contributed by atoms with van der Waals surface area (Å²) in [6.45, 7) is 4.23. The van der Waals surface area contributed by atoms with Crippen LogP contribution in [0.25, 0.3) is 11.3 Å². The Hall–Kier alpha value is -2.56. The van der Waals surface area contributed by atoms with Crippen LogP contribution in [-0.2, 0) is 30.8 Å². The van der Waals surface area contributed by atoms with E-state index in [9.17, 15) is 18.0 Å². The Morgan fingerprint density at radius 1 is 1.22 bits per heavy atom. The van der Waals surface area contributed by atoms with Crippen molar-refractivity contribution in [3.8, 4) is 11.3 Å². The molecule has 1 N–H and O–H groups in total. The second-order valence-electron chi connectivity index (χ2n) is 10.0. The van der Waals surface area contributed by atoms with Crippen LogP contribution in [0.4, 0.5) is 4.39 Å². The number of nitrogens with one attached hydrogen (secondary N) is 1. The van der Waals surface area contributed by atoms with Crippen molar-refractivity contribution in [1.82, 2.24) is 14.6 Å². The molecule has 3 fully saturated rings. The molecule has 1 aromatic carbocycles. The van der Waals surface area contributed by atoms with Gasteiger partial charge < -0.3 is 9.64 Å². The lowest BCUT2D eigenvalue weighted by molar-refractivity contribution is -0.179. The van der Waals surface area contributed by atoms with Crippen molar-refractivity contribution >= 4 is 33.5 Å². The number of hydrogen-bond acceptors (Lipinski definition) is 6. The van der Waals surface area contributed by atoms with Gasteiger partial charge in [0.05, 0.1) is 18.0 Å². The summed E-state index contributed by atoms with van der Waals surface area (Å²) in [5, 5.41) is 0.228. The molecule has 1 amide bonds. The van der Waals surface area contributed by atoms with Crippen LogP contribution in [0.15, 0.2) is 36.4 Å². The standard InChI is InChI=1S/C25H29ClFN3O5S/c1-14(31)35-25(2,3)24(32)30-17-11-16(12-17)23(29-36(4,33)34)20(30)13-15-7-5-8-18(22(15)27)19-9-6-10-21(26)28-19/h5-10,16-17,20,23,29H,11-13H2,1-4H3/t16?,17?,20-,23-/m0/s1. The van der Waals surface area contributed by atoms with E-state index < -0.39 is 45.4 Å². The zero-order valence-corrected chi connectivity index (χ0v) is 22.1. The van der Waals surface area contributed by atoms with E-state index in [-0.39, 0.29) is 29.1 Å². The largest absolute Gasteiger partial charge is 0.450 e. The van der Waals surface area contributed by atoms with Gasteiger partial charge in [0, 0.05) is 24.6 Å². The van der Waals surface area contributed by atoms with Gasteiger partial charge in [-0.1, -0.05) is 29.8 Å². The van der Waals surface area contributed by atoms with E-state index >= 15 is 4.39 Å². The highest BCUT2D eigenvalue weighted by molar-refractivity contribution is 7.88. The van der Waals surface area contributed by atoms with Crippen LogP contribution in [-0.4, -0.2) is 60.2 Å². The van der Waals surface area contributed by atoms with Crippen LogP contribution in [0, 0.1) is 11.7 Å². The molecule has 2 atom stereocenters. The quantitative estimate of drug-likeness (QED) is 0.429. The molecule has 2 aliphatic heterocycles. The number of carbonyl (C=O) groups excluding carboxylic acids is 2. The summed E-state index contributed by atoms with van der Waals surface area (Å²) >= 11 is 6.00. The third-order valence-corrected chi connectivity index (χ3v) is 7.73. The number of hydrogen-bond donors (Lipinski definition) is 1. The minimum absolute atomic E-state index is 0.0106. The second-order valence-corrected chi connectivity index (χ2v) is 12.2. The number of pyridine rings is 1. The average Bonchev–Trinajstić information content (AvgIpc) is 2.72. The van der Waals surface area contributed by atoms with Crippen LogP contribution in [0.1, 0.15) is 39.2 Å². The minimum atomic E-state index is -3.62. The molecule has 3 aliphatic rings. The Bertz CT molecular complexity index is 1300. The first-order valence-electron chi connectivity index (χ1n) is 11.7. The molecule has 2 saturated heterocycles. The van der Waals surface area contributed by atoms with Gasteiger partial charge in [-0.2, -0.15) is 0 Å². The smallest absolute Gasteiger partial charge is 0.303 e. The summed E-state index contributed by atoms with van der Waals surface area (Å²) in [6, 6.07) is 8.36. The number of amides is 1. The molecule has 3 heterocycles. The van der Waals surface area contributed by atoms with Gasteiger partial charge in [-0.05, 0) is 62.8 Å². The van der Waals surface area contributed by atoms with Crippen LogP contribution in [0.5, 0.6) is 0 Å². The van der Waals surface area contributed by atoms with Crippen LogP contribution in [0.2, 0.25) is 5.15 Å². The first-order valence-corrected chi connectivity index (χ1v) is 13.9.